The van der Waals surface area contributed by atoms with Crippen LogP contribution in [0.2, 0.25) is 0 Å². The largest absolute Gasteiger partial charge is 0.384 e. The number of pyridine rings is 1. The summed E-state index contributed by atoms with van der Waals surface area (Å²) in [6, 6.07) is 3.51. The molecule has 2 rings (SSSR count). The second-order valence-corrected chi connectivity index (χ2v) is 7.31. The van der Waals surface area contributed by atoms with Crippen molar-refractivity contribution in [2.75, 3.05) is 25.4 Å². The molecule has 0 unspecified atom stereocenters. The van der Waals surface area contributed by atoms with Crippen molar-refractivity contribution in [2.45, 2.75) is 25.0 Å². The molecule has 5 heteroatoms. The van der Waals surface area contributed by atoms with Crippen LogP contribution in [0.3, 0.4) is 0 Å². The molecule has 0 aromatic carbocycles. The molecule has 0 radical (unpaired) electrons. The van der Waals surface area contributed by atoms with Crippen LogP contribution in [-0.2, 0) is 0 Å². The van der Waals surface area contributed by atoms with Crippen molar-refractivity contribution < 1.29 is 9.90 Å². The third kappa shape index (κ3) is 4.23. The zero-order valence-electron chi connectivity index (χ0n) is 12.4. The average molecular weight is 304 g/mol. The van der Waals surface area contributed by atoms with Gasteiger partial charge in [-0.2, -0.15) is 11.8 Å². The van der Waals surface area contributed by atoms with E-state index in [0.717, 1.165) is 25.3 Å². The Morgan fingerprint density at radius 1 is 1.52 bits per heavy atom. The molecule has 0 bridgehead atoms. The van der Waals surface area contributed by atoms with Gasteiger partial charge in [-0.1, -0.05) is 25.7 Å². The van der Waals surface area contributed by atoms with Gasteiger partial charge in [-0.3, -0.25) is 4.79 Å². The molecule has 1 aliphatic rings. The summed E-state index contributed by atoms with van der Waals surface area (Å²) in [7, 11) is 0. The number of hydrogen-bond donors (Lipinski definition) is 1. The van der Waals surface area contributed by atoms with Gasteiger partial charge in [0.05, 0.1) is 5.56 Å². The van der Waals surface area contributed by atoms with Gasteiger partial charge in [-0.15, -0.1) is 0 Å². The number of hydrogen-bond acceptors (Lipinski definition) is 4. The Bertz CT molecular complexity index is 575. The highest BCUT2D eigenvalue weighted by Gasteiger charge is 2.27. The van der Waals surface area contributed by atoms with Crippen molar-refractivity contribution in [1.82, 2.24) is 9.88 Å². The van der Waals surface area contributed by atoms with E-state index in [1.54, 1.807) is 18.3 Å². The molecule has 1 aliphatic heterocycles. The molecular formula is C16H20N2O2S. The number of carbonyl (C=O) groups is 1. The van der Waals surface area contributed by atoms with E-state index in [2.05, 4.69) is 30.7 Å². The zero-order chi connectivity index (χ0) is 15.3. The summed E-state index contributed by atoms with van der Waals surface area (Å²) in [5.74, 6) is 6.24. The molecule has 1 aromatic rings. The van der Waals surface area contributed by atoms with E-state index in [-0.39, 0.29) is 17.3 Å². The first-order valence-electron chi connectivity index (χ1n) is 7.01. The van der Waals surface area contributed by atoms with Crippen LogP contribution in [0.1, 0.15) is 36.3 Å². The topological polar surface area (TPSA) is 53.4 Å². The molecular weight excluding hydrogens is 284 g/mol. The maximum absolute atomic E-state index is 12.7. The molecule has 1 fully saturated rings. The summed E-state index contributed by atoms with van der Waals surface area (Å²) in [5, 5.41) is 8.81. The van der Waals surface area contributed by atoms with Crippen LogP contribution in [0.15, 0.2) is 18.3 Å². The first-order valence-corrected chi connectivity index (χ1v) is 8.00. The zero-order valence-corrected chi connectivity index (χ0v) is 13.2. The Balaban J connectivity index is 2.20. The Kier molecular flexibility index (Phi) is 5.27. The quantitative estimate of drug-likeness (QED) is 0.804. The van der Waals surface area contributed by atoms with Crippen molar-refractivity contribution in [2.24, 2.45) is 0 Å². The predicted octanol–water partition coefficient (Wildman–Crippen LogP) is 1.78. The minimum Gasteiger partial charge on any atom is -0.384 e. The third-order valence-electron chi connectivity index (χ3n) is 3.44. The SMILES string of the molecule is CC1(C)CCN(C(=O)c2ncccc2C#CCO)CCS1. The lowest BCUT2D eigenvalue weighted by Gasteiger charge is -2.22. The maximum atomic E-state index is 12.7. The summed E-state index contributed by atoms with van der Waals surface area (Å²) in [5.41, 5.74) is 0.955. The molecule has 1 aromatic heterocycles. The molecule has 112 valence electrons. The first kappa shape index (κ1) is 15.9. The van der Waals surface area contributed by atoms with Crippen LogP contribution in [0.5, 0.6) is 0 Å². The molecule has 1 N–H and O–H groups in total. The third-order valence-corrected chi connectivity index (χ3v) is 4.81. The van der Waals surface area contributed by atoms with Gasteiger partial charge in [0, 0.05) is 29.8 Å². The van der Waals surface area contributed by atoms with Gasteiger partial charge >= 0.3 is 0 Å². The van der Waals surface area contributed by atoms with E-state index in [0.29, 0.717) is 11.3 Å². The van der Waals surface area contributed by atoms with Gasteiger partial charge in [0.1, 0.15) is 12.3 Å². The molecule has 0 spiro atoms. The van der Waals surface area contributed by atoms with Crippen molar-refractivity contribution >= 4 is 17.7 Å². The Morgan fingerprint density at radius 2 is 2.33 bits per heavy atom. The minimum atomic E-state index is -0.225. The molecule has 2 heterocycles. The van der Waals surface area contributed by atoms with Gasteiger partial charge in [0.15, 0.2) is 0 Å². The first-order chi connectivity index (χ1) is 10.0. The number of nitrogens with zero attached hydrogens (tertiary/aromatic N) is 2. The molecule has 1 amide bonds. The summed E-state index contributed by atoms with van der Waals surface area (Å²) in [4.78, 5) is 18.7. The Morgan fingerprint density at radius 3 is 3.10 bits per heavy atom. The normalized spacial score (nSPS) is 17.6. The molecule has 1 saturated heterocycles. The highest BCUT2D eigenvalue weighted by molar-refractivity contribution is 8.00. The van der Waals surface area contributed by atoms with Gasteiger partial charge < -0.3 is 10.0 Å². The number of thioether (sulfide) groups is 1. The summed E-state index contributed by atoms with van der Waals surface area (Å²) in [6.45, 7) is 5.67. The highest BCUT2D eigenvalue weighted by atomic mass is 32.2. The summed E-state index contributed by atoms with van der Waals surface area (Å²) >= 11 is 1.90. The van der Waals surface area contributed by atoms with Crippen LogP contribution in [0.4, 0.5) is 0 Å². The maximum Gasteiger partial charge on any atom is 0.273 e. The van der Waals surface area contributed by atoms with E-state index < -0.39 is 0 Å². The molecule has 0 saturated carbocycles. The van der Waals surface area contributed by atoms with Gasteiger partial charge in [-0.25, -0.2) is 4.98 Å². The van der Waals surface area contributed by atoms with E-state index in [4.69, 9.17) is 5.11 Å². The summed E-state index contributed by atoms with van der Waals surface area (Å²) < 4.78 is 0.207. The fourth-order valence-electron chi connectivity index (χ4n) is 2.18. The highest BCUT2D eigenvalue weighted by Crippen LogP contribution is 2.31. The van der Waals surface area contributed by atoms with E-state index in [1.165, 1.54) is 0 Å². The van der Waals surface area contributed by atoms with E-state index in [1.807, 2.05) is 16.7 Å². The van der Waals surface area contributed by atoms with Crippen molar-refractivity contribution in [3.63, 3.8) is 0 Å². The van der Waals surface area contributed by atoms with E-state index in [9.17, 15) is 4.79 Å². The second-order valence-electron chi connectivity index (χ2n) is 5.51. The smallest absolute Gasteiger partial charge is 0.273 e. The van der Waals surface area contributed by atoms with Crippen molar-refractivity contribution in [3.8, 4) is 11.8 Å². The average Bonchev–Trinajstić information content (AvgIpc) is 2.65. The van der Waals surface area contributed by atoms with Crippen molar-refractivity contribution in [1.29, 1.82) is 0 Å². The number of aliphatic hydroxyl groups is 1. The van der Waals surface area contributed by atoms with Crippen LogP contribution < -0.4 is 0 Å². The molecule has 0 atom stereocenters. The second kappa shape index (κ2) is 6.97. The van der Waals surface area contributed by atoms with E-state index >= 15 is 0 Å². The van der Waals surface area contributed by atoms with Crippen LogP contribution >= 0.6 is 11.8 Å². The van der Waals surface area contributed by atoms with Gasteiger partial charge in [0.2, 0.25) is 0 Å². The number of carbonyl (C=O) groups excluding carboxylic acids is 1. The number of aliphatic hydroxyl groups excluding tert-OH is 1. The fourth-order valence-corrected chi connectivity index (χ4v) is 3.28. The minimum absolute atomic E-state index is 0.0730. The Labute approximate surface area is 129 Å². The number of amides is 1. The van der Waals surface area contributed by atoms with Gasteiger partial charge in [0.25, 0.3) is 5.91 Å². The lowest BCUT2D eigenvalue weighted by Crippen LogP contribution is -2.34. The number of rotatable bonds is 1. The van der Waals surface area contributed by atoms with Crippen LogP contribution in [0, 0.1) is 11.8 Å². The Hall–Kier alpha value is -1.51. The lowest BCUT2D eigenvalue weighted by molar-refractivity contribution is 0.0758. The molecule has 0 aliphatic carbocycles. The number of aromatic nitrogens is 1. The molecule has 21 heavy (non-hydrogen) atoms. The van der Waals surface area contributed by atoms with Crippen molar-refractivity contribution in [3.05, 3.63) is 29.6 Å². The lowest BCUT2D eigenvalue weighted by atomic mass is 10.1. The van der Waals surface area contributed by atoms with Gasteiger partial charge in [-0.05, 0) is 18.6 Å². The standard InChI is InChI=1S/C16H20N2O2S/c1-16(2)7-9-18(10-12-21-16)15(20)14-13(6-4-11-19)5-3-8-17-14/h3,5,8,19H,7,9-12H2,1-2H3. The molecule has 4 nitrogen and oxygen atoms in total. The summed E-state index contributed by atoms with van der Waals surface area (Å²) in [6.07, 6.45) is 2.57. The van der Waals surface area contributed by atoms with Crippen LogP contribution in [0.25, 0.3) is 0 Å². The van der Waals surface area contributed by atoms with Crippen LogP contribution in [-0.4, -0.2) is 51.1 Å². The fraction of sp³-hybridized carbons (Fsp3) is 0.500. The predicted molar refractivity (Wildman–Crippen MR) is 85.3 cm³/mol. The monoisotopic (exact) mass is 304 g/mol.